The lowest BCUT2D eigenvalue weighted by atomic mass is 9.91. The topological polar surface area (TPSA) is 26.8 Å². The summed E-state index contributed by atoms with van der Waals surface area (Å²) in [6.07, 6.45) is 5.25. The Morgan fingerprint density at radius 2 is 1.75 bits per heavy atom. The number of carbonyl (C=O) groups excluding carboxylic acids is 1. The van der Waals surface area contributed by atoms with E-state index in [1.165, 1.54) is 30.7 Å². The molecule has 4 nitrogen and oxygen atoms in total. The zero-order valence-corrected chi connectivity index (χ0v) is 15.1. The number of hydrogen-bond acceptors (Lipinski definition) is 4. The van der Waals surface area contributed by atoms with Gasteiger partial charge in [0, 0.05) is 50.2 Å². The van der Waals surface area contributed by atoms with Gasteiger partial charge in [0.05, 0.1) is 5.92 Å². The number of carbonyl (C=O) groups is 1. The van der Waals surface area contributed by atoms with Gasteiger partial charge in [0.15, 0.2) is 0 Å². The molecule has 24 heavy (non-hydrogen) atoms. The molecule has 3 aliphatic rings. The summed E-state index contributed by atoms with van der Waals surface area (Å²) < 4.78 is 2.30. The quantitative estimate of drug-likeness (QED) is 0.784. The summed E-state index contributed by atoms with van der Waals surface area (Å²) in [5, 5.41) is 0. The molecule has 0 atom stereocenters. The standard InChI is InChI=1S/C19H27N3OS/c23-19(16-14-22(15-16)24-18-8-2-1-3-9-18)21-11-5-10-20(12-13-21)17-6-4-7-17/h1-3,8-9,16-17H,4-7,10-15H2. The summed E-state index contributed by atoms with van der Waals surface area (Å²) in [6.45, 7) is 5.91. The van der Waals surface area contributed by atoms with Crippen LogP contribution in [0.5, 0.6) is 0 Å². The van der Waals surface area contributed by atoms with Crippen LogP contribution in [0.25, 0.3) is 0 Å². The van der Waals surface area contributed by atoms with Crippen molar-refractivity contribution in [2.75, 3.05) is 39.3 Å². The molecule has 2 saturated heterocycles. The summed E-state index contributed by atoms with van der Waals surface area (Å²) in [5.41, 5.74) is 0. The van der Waals surface area contributed by atoms with Crippen molar-refractivity contribution in [1.82, 2.24) is 14.1 Å². The van der Waals surface area contributed by atoms with Crippen molar-refractivity contribution in [2.45, 2.75) is 36.6 Å². The van der Waals surface area contributed by atoms with Crippen molar-refractivity contribution in [3.05, 3.63) is 30.3 Å². The van der Waals surface area contributed by atoms with Gasteiger partial charge in [-0.15, -0.1) is 0 Å². The normalized spacial score (nSPS) is 24.2. The number of nitrogens with zero attached hydrogens (tertiary/aromatic N) is 3. The average molecular weight is 346 g/mol. The molecule has 0 bridgehead atoms. The third-order valence-electron chi connectivity index (χ3n) is 5.61. The van der Waals surface area contributed by atoms with E-state index in [9.17, 15) is 4.79 Å². The van der Waals surface area contributed by atoms with Crippen LogP contribution in [0.15, 0.2) is 35.2 Å². The van der Waals surface area contributed by atoms with Crippen molar-refractivity contribution in [2.24, 2.45) is 5.92 Å². The van der Waals surface area contributed by atoms with Gasteiger partial charge < -0.3 is 4.90 Å². The lowest BCUT2D eigenvalue weighted by Gasteiger charge is -2.39. The Labute approximate surface area is 149 Å². The fraction of sp³-hybridized carbons (Fsp3) is 0.632. The average Bonchev–Trinajstić information content (AvgIpc) is 2.75. The van der Waals surface area contributed by atoms with Gasteiger partial charge >= 0.3 is 0 Å². The van der Waals surface area contributed by atoms with Crippen LogP contribution in [-0.4, -0.2) is 65.3 Å². The Balaban J connectivity index is 1.23. The molecule has 0 N–H and O–H groups in total. The van der Waals surface area contributed by atoms with E-state index in [0.29, 0.717) is 5.91 Å². The monoisotopic (exact) mass is 345 g/mol. The van der Waals surface area contributed by atoms with Gasteiger partial charge in [0.25, 0.3) is 0 Å². The van der Waals surface area contributed by atoms with E-state index in [4.69, 9.17) is 0 Å². The maximum atomic E-state index is 12.8. The molecule has 0 radical (unpaired) electrons. The maximum Gasteiger partial charge on any atom is 0.228 e. The number of rotatable bonds is 4. The molecule has 0 unspecified atom stereocenters. The third-order valence-corrected chi connectivity index (χ3v) is 6.65. The van der Waals surface area contributed by atoms with Gasteiger partial charge in [-0.1, -0.05) is 24.6 Å². The molecular formula is C19H27N3OS. The fourth-order valence-corrected chi connectivity index (χ4v) is 4.92. The Hall–Kier alpha value is -1.04. The SMILES string of the molecule is O=C(C1CN(Sc2ccccc2)C1)N1CCCN(C2CCC2)CC1. The Kier molecular flexibility index (Phi) is 5.11. The predicted molar refractivity (Wildman–Crippen MR) is 97.8 cm³/mol. The largest absolute Gasteiger partial charge is 0.341 e. The molecule has 1 aromatic rings. The summed E-state index contributed by atoms with van der Waals surface area (Å²) in [6, 6.07) is 11.2. The molecule has 0 spiro atoms. The number of benzene rings is 1. The van der Waals surface area contributed by atoms with Gasteiger partial charge in [-0.2, -0.15) is 0 Å². The van der Waals surface area contributed by atoms with E-state index in [0.717, 1.165) is 45.2 Å². The van der Waals surface area contributed by atoms with Crippen molar-refractivity contribution in [3.63, 3.8) is 0 Å². The molecule has 1 aromatic carbocycles. The summed E-state index contributed by atoms with van der Waals surface area (Å²) in [5.74, 6) is 0.590. The Bertz CT molecular complexity index is 557. The molecule has 3 fully saturated rings. The van der Waals surface area contributed by atoms with Crippen molar-refractivity contribution in [3.8, 4) is 0 Å². The zero-order valence-electron chi connectivity index (χ0n) is 14.3. The first kappa shape index (κ1) is 16.4. The Morgan fingerprint density at radius 3 is 2.46 bits per heavy atom. The minimum atomic E-state index is 0.205. The molecule has 1 amide bonds. The minimum absolute atomic E-state index is 0.205. The molecule has 2 aliphatic heterocycles. The van der Waals surface area contributed by atoms with Crippen LogP contribution in [0, 0.1) is 5.92 Å². The molecule has 0 aromatic heterocycles. The van der Waals surface area contributed by atoms with Gasteiger partial charge in [0.2, 0.25) is 5.91 Å². The summed E-state index contributed by atoms with van der Waals surface area (Å²) in [7, 11) is 0. The van der Waals surface area contributed by atoms with E-state index in [1.54, 1.807) is 11.9 Å². The van der Waals surface area contributed by atoms with Gasteiger partial charge in [-0.05, 0) is 43.3 Å². The number of amides is 1. The van der Waals surface area contributed by atoms with E-state index >= 15 is 0 Å². The highest BCUT2D eigenvalue weighted by atomic mass is 32.2. The molecule has 1 aliphatic carbocycles. The predicted octanol–water partition coefficient (Wildman–Crippen LogP) is 2.71. The van der Waals surface area contributed by atoms with Crippen LogP contribution >= 0.6 is 11.9 Å². The second-order valence-electron chi connectivity index (χ2n) is 7.25. The van der Waals surface area contributed by atoms with Crippen LogP contribution in [0.4, 0.5) is 0 Å². The molecule has 5 heteroatoms. The molecule has 130 valence electrons. The van der Waals surface area contributed by atoms with Crippen molar-refractivity contribution >= 4 is 17.9 Å². The van der Waals surface area contributed by atoms with Crippen LogP contribution in [-0.2, 0) is 4.79 Å². The summed E-state index contributed by atoms with van der Waals surface area (Å²) >= 11 is 1.77. The summed E-state index contributed by atoms with van der Waals surface area (Å²) in [4.78, 5) is 18.8. The lowest BCUT2D eigenvalue weighted by molar-refractivity contribution is -0.138. The van der Waals surface area contributed by atoms with Crippen LogP contribution in [0.3, 0.4) is 0 Å². The van der Waals surface area contributed by atoms with Gasteiger partial charge in [-0.3, -0.25) is 9.69 Å². The van der Waals surface area contributed by atoms with Gasteiger partial charge in [-0.25, -0.2) is 4.31 Å². The second-order valence-corrected chi connectivity index (χ2v) is 8.42. The van der Waals surface area contributed by atoms with E-state index in [-0.39, 0.29) is 5.92 Å². The first-order valence-corrected chi connectivity index (χ1v) is 10.1. The van der Waals surface area contributed by atoms with Crippen LogP contribution in [0.1, 0.15) is 25.7 Å². The van der Waals surface area contributed by atoms with Crippen LogP contribution in [0.2, 0.25) is 0 Å². The zero-order chi connectivity index (χ0) is 16.4. The van der Waals surface area contributed by atoms with Crippen molar-refractivity contribution < 1.29 is 4.79 Å². The van der Waals surface area contributed by atoms with Crippen molar-refractivity contribution in [1.29, 1.82) is 0 Å². The molecule has 4 rings (SSSR count). The Morgan fingerprint density at radius 1 is 0.958 bits per heavy atom. The van der Waals surface area contributed by atoms with E-state index in [2.05, 4.69) is 38.4 Å². The highest BCUT2D eigenvalue weighted by Gasteiger charge is 2.37. The molecule has 2 heterocycles. The fourth-order valence-electron chi connectivity index (χ4n) is 3.83. The highest BCUT2D eigenvalue weighted by Crippen LogP contribution is 2.31. The van der Waals surface area contributed by atoms with E-state index in [1.807, 2.05) is 6.07 Å². The first-order valence-electron chi connectivity index (χ1n) is 9.30. The van der Waals surface area contributed by atoms with Gasteiger partial charge in [0.1, 0.15) is 0 Å². The molecular weight excluding hydrogens is 318 g/mol. The minimum Gasteiger partial charge on any atom is -0.341 e. The highest BCUT2D eigenvalue weighted by molar-refractivity contribution is 7.97. The maximum absolute atomic E-state index is 12.8. The number of hydrogen-bond donors (Lipinski definition) is 0. The third kappa shape index (κ3) is 3.63. The van der Waals surface area contributed by atoms with E-state index < -0.39 is 0 Å². The molecule has 1 saturated carbocycles. The smallest absolute Gasteiger partial charge is 0.228 e. The second kappa shape index (κ2) is 7.46. The van der Waals surface area contributed by atoms with Crippen LogP contribution < -0.4 is 0 Å². The lowest BCUT2D eigenvalue weighted by Crippen LogP contribution is -2.52. The first-order chi connectivity index (χ1) is 11.8.